The first kappa shape index (κ1) is 9.65. The van der Waals surface area contributed by atoms with E-state index in [1.165, 1.54) is 0 Å². The number of benzene rings is 1. The van der Waals surface area contributed by atoms with Crippen LogP contribution in [0.15, 0.2) is 34.7 Å². The van der Waals surface area contributed by atoms with Gasteiger partial charge >= 0.3 is 0 Å². The summed E-state index contributed by atoms with van der Waals surface area (Å²) in [6, 6.07) is 9.35. The Kier molecular flexibility index (Phi) is 2.37. The van der Waals surface area contributed by atoms with Crippen molar-refractivity contribution in [2.24, 2.45) is 0 Å². The minimum absolute atomic E-state index is 0.652. The van der Waals surface area contributed by atoms with E-state index in [1.54, 1.807) is 6.07 Å². The van der Waals surface area contributed by atoms with E-state index in [9.17, 15) is 0 Å². The van der Waals surface area contributed by atoms with Crippen LogP contribution < -0.4 is 11.5 Å². The van der Waals surface area contributed by atoms with Crippen LogP contribution >= 0.6 is 0 Å². The average molecular weight is 202 g/mol. The second-order valence-corrected chi connectivity index (χ2v) is 3.51. The molecule has 3 nitrogen and oxygen atoms in total. The molecule has 3 heteroatoms. The fourth-order valence-corrected chi connectivity index (χ4v) is 1.54. The fraction of sp³-hybridized carbons (Fsp3) is 0.167. The first-order chi connectivity index (χ1) is 7.19. The summed E-state index contributed by atoms with van der Waals surface area (Å²) in [5, 5.41) is 0. The maximum atomic E-state index is 5.71. The Hall–Kier alpha value is -1.90. The molecule has 1 heterocycles. The Bertz CT molecular complexity index is 454. The zero-order chi connectivity index (χ0) is 10.8. The third-order valence-corrected chi connectivity index (χ3v) is 2.27. The van der Waals surface area contributed by atoms with E-state index in [-0.39, 0.29) is 0 Å². The summed E-state index contributed by atoms with van der Waals surface area (Å²) >= 11 is 0. The van der Waals surface area contributed by atoms with Gasteiger partial charge in [-0.3, -0.25) is 0 Å². The number of aryl methyl sites for hydroxylation is 1. The first-order valence-corrected chi connectivity index (χ1v) is 4.94. The number of hydrogen-bond donors (Lipinski definition) is 2. The molecule has 0 aliphatic heterocycles. The molecule has 78 valence electrons. The van der Waals surface area contributed by atoms with E-state index in [0.717, 1.165) is 23.5 Å². The standard InChI is InChI=1S/C12H14N2O/c1-2-11-3-4-12(15-11)8-5-9(13)7-10(14)6-8/h3-7H,2,13-14H2,1H3. The molecule has 0 saturated heterocycles. The van der Waals surface area contributed by atoms with Crippen molar-refractivity contribution in [3.05, 3.63) is 36.1 Å². The van der Waals surface area contributed by atoms with Gasteiger partial charge in [-0.15, -0.1) is 0 Å². The Morgan fingerprint density at radius 1 is 1.07 bits per heavy atom. The summed E-state index contributed by atoms with van der Waals surface area (Å²) in [5.41, 5.74) is 13.7. The van der Waals surface area contributed by atoms with Crippen molar-refractivity contribution in [1.29, 1.82) is 0 Å². The Labute approximate surface area is 88.7 Å². The van der Waals surface area contributed by atoms with Gasteiger partial charge in [0.2, 0.25) is 0 Å². The van der Waals surface area contributed by atoms with Crippen molar-refractivity contribution >= 4 is 11.4 Å². The highest BCUT2D eigenvalue weighted by molar-refractivity contribution is 5.69. The number of nitrogen functional groups attached to an aromatic ring is 2. The van der Waals surface area contributed by atoms with Crippen molar-refractivity contribution in [1.82, 2.24) is 0 Å². The zero-order valence-electron chi connectivity index (χ0n) is 8.66. The van der Waals surface area contributed by atoms with Gasteiger partial charge in [-0.25, -0.2) is 0 Å². The highest BCUT2D eigenvalue weighted by Gasteiger charge is 2.04. The SMILES string of the molecule is CCc1ccc(-c2cc(N)cc(N)c2)o1. The van der Waals surface area contributed by atoms with Crippen LogP contribution in [0.1, 0.15) is 12.7 Å². The number of nitrogens with two attached hydrogens (primary N) is 2. The van der Waals surface area contributed by atoms with Crippen molar-refractivity contribution in [2.45, 2.75) is 13.3 Å². The lowest BCUT2D eigenvalue weighted by molar-refractivity contribution is 0.529. The lowest BCUT2D eigenvalue weighted by atomic mass is 10.1. The third-order valence-electron chi connectivity index (χ3n) is 2.27. The van der Waals surface area contributed by atoms with E-state index in [1.807, 2.05) is 24.3 Å². The largest absolute Gasteiger partial charge is 0.461 e. The van der Waals surface area contributed by atoms with Gasteiger partial charge in [0.25, 0.3) is 0 Å². The topological polar surface area (TPSA) is 65.2 Å². The van der Waals surface area contributed by atoms with Gasteiger partial charge in [0.1, 0.15) is 11.5 Å². The molecule has 0 atom stereocenters. The van der Waals surface area contributed by atoms with Crippen LogP contribution in [0.25, 0.3) is 11.3 Å². The number of hydrogen-bond acceptors (Lipinski definition) is 3. The minimum atomic E-state index is 0.652. The lowest BCUT2D eigenvalue weighted by Crippen LogP contribution is -1.90. The average Bonchev–Trinajstić information content (AvgIpc) is 2.64. The third kappa shape index (κ3) is 1.96. The van der Waals surface area contributed by atoms with Gasteiger partial charge < -0.3 is 15.9 Å². The van der Waals surface area contributed by atoms with E-state index in [0.29, 0.717) is 11.4 Å². The van der Waals surface area contributed by atoms with Crippen LogP contribution in [0.3, 0.4) is 0 Å². The molecule has 2 aromatic rings. The van der Waals surface area contributed by atoms with E-state index >= 15 is 0 Å². The summed E-state index contributed by atoms with van der Waals surface area (Å²) in [6.45, 7) is 2.05. The number of furan rings is 1. The predicted octanol–water partition coefficient (Wildman–Crippen LogP) is 2.67. The van der Waals surface area contributed by atoms with Gasteiger partial charge in [-0.1, -0.05) is 6.92 Å². The number of rotatable bonds is 2. The molecule has 2 rings (SSSR count). The van der Waals surface area contributed by atoms with Gasteiger partial charge in [0.15, 0.2) is 0 Å². The van der Waals surface area contributed by atoms with Crippen LogP contribution in [0.5, 0.6) is 0 Å². The predicted molar refractivity (Wildman–Crippen MR) is 62.3 cm³/mol. The first-order valence-electron chi connectivity index (χ1n) is 4.94. The molecule has 0 amide bonds. The normalized spacial score (nSPS) is 10.5. The van der Waals surface area contributed by atoms with Crippen molar-refractivity contribution < 1.29 is 4.42 Å². The van der Waals surface area contributed by atoms with E-state index in [4.69, 9.17) is 15.9 Å². The van der Waals surface area contributed by atoms with Gasteiger partial charge in [-0.05, 0) is 30.3 Å². The molecule has 0 aliphatic rings. The summed E-state index contributed by atoms with van der Waals surface area (Å²) in [4.78, 5) is 0. The van der Waals surface area contributed by atoms with E-state index < -0.39 is 0 Å². The quantitative estimate of drug-likeness (QED) is 0.736. The zero-order valence-corrected chi connectivity index (χ0v) is 8.66. The van der Waals surface area contributed by atoms with Gasteiger partial charge in [0, 0.05) is 23.4 Å². The van der Waals surface area contributed by atoms with Crippen molar-refractivity contribution in [3.63, 3.8) is 0 Å². The monoisotopic (exact) mass is 202 g/mol. The van der Waals surface area contributed by atoms with E-state index in [2.05, 4.69) is 6.92 Å². The molecule has 0 fully saturated rings. The minimum Gasteiger partial charge on any atom is -0.461 e. The van der Waals surface area contributed by atoms with Gasteiger partial charge in [-0.2, -0.15) is 0 Å². The molecule has 1 aromatic heterocycles. The van der Waals surface area contributed by atoms with Crippen LogP contribution in [-0.4, -0.2) is 0 Å². The lowest BCUT2D eigenvalue weighted by Gasteiger charge is -2.01. The summed E-state index contributed by atoms with van der Waals surface area (Å²) in [7, 11) is 0. The molecule has 15 heavy (non-hydrogen) atoms. The van der Waals surface area contributed by atoms with Crippen LogP contribution in [0.4, 0.5) is 11.4 Å². The fourth-order valence-electron chi connectivity index (χ4n) is 1.54. The van der Waals surface area contributed by atoms with Gasteiger partial charge in [0.05, 0.1) is 0 Å². The Morgan fingerprint density at radius 3 is 2.27 bits per heavy atom. The summed E-state index contributed by atoms with van der Waals surface area (Å²) in [5.74, 6) is 1.77. The van der Waals surface area contributed by atoms with Crippen LogP contribution in [-0.2, 0) is 6.42 Å². The maximum Gasteiger partial charge on any atom is 0.134 e. The molecule has 0 radical (unpaired) electrons. The molecule has 4 N–H and O–H groups in total. The van der Waals surface area contributed by atoms with Crippen LogP contribution in [0.2, 0.25) is 0 Å². The maximum absolute atomic E-state index is 5.71. The highest BCUT2D eigenvalue weighted by Crippen LogP contribution is 2.26. The number of anilines is 2. The molecule has 0 unspecified atom stereocenters. The molecule has 1 aromatic carbocycles. The molecule has 0 saturated carbocycles. The van der Waals surface area contributed by atoms with Crippen LogP contribution in [0, 0.1) is 0 Å². The summed E-state index contributed by atoms with van der Waals surface area (Å²) in [6.07, 6.45) is 0.887. The van der Waals surface area contributed by atoms with Crippen molar-refractivity contribution in [2.75, 3.05) is 11.5 Å². The molecular weight excluding hydrogens is 188 g/mol. The molecule has 0 spiro atoms. The Morgan fingerprint density at radius 2 is 1.73 bits per heavy atom. The second kappa shape index (κ2) is 3.69. The molecule has 0 aliphatic carbocycles. The smallest absolute Gasteiger partial charge is 0.134 e. The Balaban J connectivity index is 2.44. The summed E-state index contributed by atoms with van der Waals surface area (Å²) < 4.78 is 5.62. The molecular formula is C12H14N2O. The second-order valence-electron chi connectivity index (χ2n) is 3.51. The van der Waals surface area contributed by atoms with Crippen molar-refractivity contribution in [3.8, 4) is 11.3 Å². The highest BCUT2D eigenvalue weighted by atomic mass is 16.3. The molecule has 0 bridgehead atoms.